The number of tetrazole rings is 1. The molecule has 1 aromatic heterocycles. The summed E-state index contributed by atoms with van der Waals surface area (Å²) in [7, 11) is 0. The van der Waals surface area contributed by atoms with E-state index in [1.54, 1.807) is 4.90 Å². The van der Waals surface area contributed by atoms with E-state index in [0.717, 1.165) is 30.8 Å². The van der Waals surface area contributed by atoms with Crippen LogP contribution in [0.15, 0.2) is 24.3 Å². The predicted molar refractivity (Wildman–Crippen MR) is 73.7 cm³/mol. The average molecular weight is 268 g/mol. The zero-order chi connectivity index (χ0) is 13.9. The minimum absolute atomic E-state index is 0.410. The first-order valence-corrected chi connectivity index (χ1v) is 6.84. The van der Waals surface area contributed by atoms with E-state index in [1.165, 1.54) is 5.56 Å². The lowest BCUT2D eigenvalue weighted by Crippen LogP contribution is -2.19. The van der Waals surface area contributed by atoms with Gasteiger partial charge in [0, 0.05) is 0 Å². The summed E-state index contributed by atoms with van der Waals surface area (Å²) >= 11 is 0. The van der Waals surface area contributed by atoms with Crippen LogP contribution in [0.1, 0.15) is 37.2 Å². The molecule has 6 nitrogen and oxygen atoms in total. The zero-order valence-corrected chi connectivity index (χ0v) is 11.4. The van der Waals surface area contributed by atoms with Crippen LogP contribution in [0, 0.1) is 11.5 Å². The maximum Gasteiger partial charge on any atom is 0.184 e. The van der Waals surface area contributed by atoms with Crippen molar-refractivity contribution in [3.63, 3.8) is 0 Å². The highest BCUT2D eigenvalue weighted by Crippen LogP contribution is 2.34. The van der Waals surface area contributed by atoms with Crippen LogP contribution >= 0.6 is 0 Å². The second-order valence-electron chi connectivity index (χ2n) is 4.98. The van der Waals surface area contributed by atoms with Crippen LogP contribution in [0.25, 0.3) is 0 Å². The lowest BCUT2D eigenvalue weighted by molar-refractivity contribution is 0.581. The molecule has 0 atom stereocenters. The Morgan fingerprint density at radius 2 is 2.30 bits per heavy atom. The van der Waals surface area contributed by atoms with Crippen molar-refractivity contribution in [2.24, 2.45) is 0 Å². The van der Waals surface area contributed by atoms with Gasteiger partial charge in [-0.1, -0.05) is 19.1 Å². The maximum atomic E-state index is 9.39. The topological polar surface area (TPSA) is 70.6 Å². The number of anilines is 1. The molecule has 0 saturated heterocycles. The van der Waals surface area contributed by atoms with Gasteiger partial charge in [0.25, 0.3) is 0 Å². The number of hydrogen-bond donors (Lipinski definition) is 0. The van der Waals surface area contributed by atoms with Crippen molar-refractivity contribution in [2.75, 3.05) is 4.90 Å². The minimum atomic E-state index is 0.410. The highest BCUT2D eigenvalue weighted by molar-refractivity contribution is 5.52. The van der Waals surface area contributed by atoms with Crippen LogP contribution in [0.3, 0.4) is 0 Å². The Bertz CT molecular complexity index is 637. The molecule has 3 rings (SSSR count). The fourth-order valence-electron chi connectivity index (χ4n) is 2.19. The summed E-state index contributed by atoms with van der Waals surface area (Å²) in [5.74, 6) is 0.746. The molecule has 0 bridgehead atoms. The molecule has 0 spiro atoms. The van der Waals surface area contributed by atoms with Gasteiger partial charge < -0.3 is 0 Å². The Labute approximate surface area is 117 Å². The molecule has 20 heavy (non-hydrogen) atoms. The second-order valence-corrected chi connectivity index (χ2v) is 4.98. The van der Waals surface area contributed by atoms with E-state index in [9.17, 15) is 5.26 Å². The molecule has 1 aliphatic carbocycles. The summed E-state index contributed by atoms with van der Waals surface area (Å²) < 4.78 is 1.84. The first-order valence-electron chi connectivity index (χ1n) is 6.84. The predicted octanol–water partition coefficient (Wildman–Crippen LogP) is 2.06. The van der Waals surface area contributed by atoms with Crippen molar-refractivity contribution < 1.29 is 0 Å². The molecule has 0 unspecified atom stereocenters. The van der Waals surface area contributed by atoms with Gasteiger partial charge in [0.1, 0.15) is 0 Å². The van der Waals surface area contributed by atoms with E-state index >= 15 is 0 Å². The molecule has 1 aromatic carbocycles. The SMILES string of the molecule is CCc1cccc(N(C#N)Cc2nnnn2C2CC2)c1. The van der Waals surface area contributed by atoms with Crippen LogP contribution < -0.4 is 4.90 Å². The van der Waals surface area contributed by atoms with Gasteiger partial charge in [-0.2, -0.15) is 5.26 Å². The summed E-state index contributed by atoms with van der Waals surface area (Å²) in [4.78, 5) is 1.63. The van der Waals surface area contributed by atoms with Crippen molar-refractivity contribution in [3.05, 3.63) is 35.7 Å². The molecule has 0 radical (unpaired) electrons. The highest BCUT2D eigenvalue weighted by atomic mass is 15.6. The van der Waals surface area contributed by atoms with E-state index in [0.29, 0.717) is 12.6 Å². The monoisotopic (exact) mass is 268 g/mol. The van der Waals surface area contributed by atoms with Gasteiger partial charge in [-0.15, -0.1) is 5.10 Å². The number of nitrogens with zero attached hydrogens (tertiary/aromatic N) is 6. The summed E-state index contributed by atoms with van der Waals surface area (Å²) in [6, 6.07) is 8.43. The van der Waals surface area contributed by atoms with Crippen LogP contribution in [0.2, 0.25) is 0 Å². The number of rotatable bonds is 5. The van der Waals surface area contributed by atoms with Crippen molar-refractivity contribution in [1.29, 1.82) is 5.26 Å². The Hall–Kier alpha value is -2.42. The molecule has 6 heteroatoms. The fraction of sp³-hybridized carbons (Fsp3) is 0.429. The quantitative estimate of drug-likeness (QED) is 0.613. The van der Waals surface area contributed by atoms with E-state index in [4.69, 9.17) is 0 Å². The minimum Gasteiger partial charge on any atom is -0.272 e. The van der Waals surface area contributed by atoms with Crippen molar-refractivity contribution in [2.45, 2.75) is 38.8 Å². The first kappa shape index (κ1) is 12.6. The summed E-state index contributed by atoms with van der Waals surface area (Å²) in [5, 5.41) is 21.2. The Balaban J connectivity index is 1.83. The normalized spacial score (nSPS) is 14.0. The summed E-state index contributed by atoms with van der Waals surface area (Å²) in [6.07, 6.45) is 5.41. The highest BCUT2D eigenvalue weighted by Gasteiger charge is 2.28. The molecule has 0 N–H and O–H groups in total. The van der Waals surface area contributed by atoms with Gasteiger partial charge in [-0.05, 0) is 47.4 Å². The van der Waals surface area contributed by atoms with Crippen LogP contribution in [0.5, 0.6) is 0 Å². The van der Waals surface area contributed by atoms with Crippen LogP contribution in [-0.2, 0) is 13.0 Å². The number of aromatic nitrogens is 4. The Kier molecular flexibility index (Phi) is 3.33. The largest absolute Gasteiger partial charge is 0.272 e. The third-order valence-corrected chi connectivity index (χ3v) is 3.50. The lowest BCUT2D eigenvalue weighted by Gasteiger charge is -2.15. The Morgan fingerprint density at radius 3 is 3.00 bits per heavy atom. The van der Waals surface area contributed by atoms with Gasteiger partial charge in [0.2, 0.25) is 0 Å². The van der Waals surface area contributed by atoms with Gasteiger partial charge in [-0.25, -0.2) is 4.68 Å². The van der Waals surface area contributed by atoms with Gasteiger partial charge >= 0.3 is 0 Å². The van der Waals surface area contributed by atoms with E-state index in [-0.39, 0.29) is 0 Å². The molecular weight excluding hydrogens is 252 g/mol. The summed E-state index contributed by atoms with van der Waals surface area (Å²) in [6.45, 7) is 2.51. The number of aryl methyl sites for hydroxylation is 1. The Morgan fingerprint density at radius 1 is 1.45 bits per heavy atom. The van der Waals surface area contributed by atoms with Gasteiger partial charge in [-0.3, -0.25) is 4.90 Å². The average Bonchev–Trinajstić information content (AvgIpc) is 3.24. The molecular formula is C14H16N6. The molecule has 1 saturated carbocycles. The van der Waals surface area contributed by atoms with Gasteiger partial charge in [0.05, 0.1) is 18.3 Å². The number of benzene rings is 1. The molecule has 0 amide bonds. The lowest BCUT2D eigenvalue weighted by atomic mass is 10.1. The van der Waals surface area contributed by atoms with Crippen molar-refractivity contribution in [1.82, 2.24) is 20.2 Å². The first-order chi connectivity index (χ1) is 9.81. The van der Waals surface area contributed by atoms with E-state index in [2.05, 4.69) is 34.7 Å². The molecule has 0 aliphatic heterocycles. The molecule has 1 heterocycles. The summed E-state index contributed by atoms with van der Waals surface area (Å²) in [5.41, 5.74) is 2.10. The fourth-order valence-corrected chi connectivity index (χ4v) is 2.19. The molecule has 2 aromatic rings. The zero-order valence-electron chi connectivity index (χ0n) is 11.4. The number of nitriles is 1. The smallest absolute Gasteiger partial charge is 0.184 e. The second kappa shape index (κ2) is 5.29. The van der Waals surface area contributed by atoms with E-state index < -0.39 is 0 Å². The van der Waals surface area contributed by atoms with Gasteiger partial charge in [0.15, 0.2) is 12.0 Å². The third kappa shape index (κ3) is 2.48. The third-order valence-electron chi connectivity index (χ3n) is 3.50. The molecule has 1 aliphatic rings. The molecule has 102 valence electrons. The van der Waals surface area contributed by atoms with Crippen molar-refractivity contribution >= 4 is 5.69 Å². The molecule has 1 fully saturated rings. The van der Waals surface area contributed by atoms with E-state index in [1.807, 2.05) is 22.9 Å². The van der Waals surface area contributed by atoms with Crippen LogP contribution in [0.4, 0.5) is 5.69 Å². The van der Waals surface area contributed by atoms with Crippen LogP contribution in [-0.4, -0.2) is 20.2 Å². The maximum absolute atomic E-state index is 9.39. The number of hydrogen-bond acceptors (Lipinski definition) is 5. The standard InChI is InChI=1S/C14H16N6/c1-2-11-4-3-5-13(8-11)19(10-15)9-14-16-17-18-20(14)12-6-7-12/h3-5,8,12H,2,6-7,9H2,1H3. The van der Waals surface area contributed by atoms with Crippen molar-refractivity contribution in [3.8, 4) is 6.19 Å².